The summed E-state index contributed by atoms with van der Waals surface area (Å²) in [4.78, 5) is 0. The van der Waals surface area contributed by atoms with Gasteiger partial charge in [-0.25, -0.2) is 0 Å². The maximum absolute atomic E-state index is 5.69. The first-order chi connectivity index (χ1) is 8.24. The summed E-state index contributed by atoms with van der Waals surface area (Å²) in [5.41, 5.74) is 2.48. The summed E-state index contributed by atoms with van der Waals surface area (Å²) in [6, 6.07) is 16.1. The van der Waals surface area contributed by atoms with Crippen molar-refractivity contribution in [2.75, 3.05) is 0 Å². The Kier molecular flexibility index (Phi) is 6.39. The Hall–Kier alpha value is -0.721. The van der Waals surface area contributed by atoms with Crippen molar-refractivity contribution in [2.45, 2.75) is 13.8 Å². The topological polar surface area (TPSA) is 9.23 Å². The summed E-state index contributed by atoms with van der Waals surface area (Å²) < 4.78 is 5.69. The summed E-state index contributed by atoms with van der Waals surface area (Å²) in [6.07, 6.45) is 0. The van der Waals surface area contributed by atoms with E-state index in [1.54, 1.807) is 0 Å². The molecule has 0 saturated heterocycles. The number of aryl methyl sites for hydroxylation is 2. The predicted octanol–water partition coefficient (Wildman–Crippen LogP) is 2.80. The Morgan fingerprint density at radius 2 is 0.941 bits per heavy atom. The van der Waals surface area contributed by atoms with Crippen molar-refractivity contribution in [3.05, 3.63) is 59.7 Å². The van der Waals surface area contributed by atoms with Gasteiger partial charge in [-0.3, -0.25) is 0 Å². The second-order valence-electron chi connectivity index (χ2n) is 3.73. The van der Waals surface area contributed by atoms with Crippen LogP contribution < -0.4 is 4.74 Å². The predicted molar refractivity (Wildman–Crippen MR) is 76.7 cm³/mol. The number of hydrogen-bond donors (Lipinski definition) is 0. The molecule has 0 unspecified atom stereocenters. The minimum absolute atomic E-state index is 0.879. The van der Waals surface area contributed by atoms with Crippen LogP contribution in [0.4, 0.5) is 0 Å². The van der Waals surface area contributed by atoms with E-state index in [4.69, 9.17) is 4.74 Å². The SMILES string of the molecule is Cc1ccc(Oc2ccc(C)cc2)cc1.[SeH][SeH]. The number of ether oxygens (including phenoxy) is 1. The third kappa shape index (κ3) is 4.97. The van der Waals surface area contributed by atoms with Crippen molar-refractivity contribution >= 4 is 28.4 Å². The molecule has 0 bridgehead atoms. The van der Waals surface area contributed by atoms with Gasteiger partial charge in [-0.15, -0.1) is 0 Å². The van der Waals surface area contributed by atoms with E-state index in [9.17, 15) is 0 Å². The fourth-order valence-corrected chi connectivity index (χ4v) is 1.35. The van der Waals surface area contributed by atoms with Crippen molar-refractivity contribution in [1.82, 2.24) is 0 Å². The van der Waals surface area contributed by atoms with Crippen molar-refractivity contribution < 1.29 is 4.74 Å². The van der Waals surface area contributed by atoms with Gasteiger partial charge in [0.15, 0.2) is 0 Å². The molecule has 0 spiro atoms. The van der Waals surface area contributed by atoms with Crippen LogP contribution in [0.3, 0.4) is 0 Å². The molecule has 0 fully saturated rings. The average Bonchev–Trinajstić information content (AvgIpc) is 2.37. The summed E-state index contributed by atoms with van der Waals surface area (Å²) >= 11 is 4.50. The molecule has 0 amide bonds. The van der Waals surface area contributed by atoms with Crippen molar-refractivity contribution in [2.24, 2.45) is 0 Å². The third-order valence-electron chi connectivity index (χ3n) is 2.28. The molecule has 0 atom stereocenters. The van der Waals surface area contributed by atoms with E-state index < -0.39 is 0 Å². The summed E-state index contributed by atoms with van der Waals surface area (Å²) in [6.45, 7) is 4.13. The molecule has 0 aromatic heterocycles. The summed E-state index contributed by atoms with van der Waals surface area (Å²) in [7, 11) is 0. The van der Waals surface area contributed by atoms with Gasteiger partial charge in [-0.05, 0) is 38.1 Å². The van der Waals surface area contributed by atoms with Gasteiger partial charge >= 0.3 is 28.4 Å². The first-order valence-electron chi connectivity index (χ1n) is 5.25. The third-order valence-corrected chi connectivity index (χ3v) is 2.28. The Balaban J connectivity index is 0.000000686. The fraction of sp³-hybridized carbons (Fsp3) is 0.143. The van der Waals surface area contributed by atoms with Crippen LogP contribution in [0.1, 0.15) is 11.1 Å². The Morgan fingerprint density at radius 1 is 0.647 bits per heavy atom. The molecular weight excluding hydrogens is 342 g/mol. The first kappa shape index (κ1) is 14.3. The summed E-state index contributed by atoms with van der Waals surface area (Å²) in [5, 5.41) is 0. The summed E-state index contributed by atoms with van der Waals surface area (Å²) in [5.74, 6) is 1.76. The molecule has 1 nitrogen and oxygen atoms in total. The maximum atomic E-state index is 5.69. The average molecular weight is 358 g/mol. The number of benzene rings is 2. The van der Waals surface area contributed by atoms with Crippen LogP contribution in [0, 0.1) is 13.8 Å². The number of rotatable bonds is 2. The van der Waals surface area contributed by atoms with E-state index in [1.807, 2.05) is 48.5 Å². The Bertz CT molecular complexity index is 391. The molecule has 90 valence electrons. The van der Waals surface area contributed by atoms with Crippen molar-refractivity contribution in [3.63, 3.8) is 0 Å². The molecule has 0 radical (unpaired) electrons. The molecule has 17 heavy (non-hydrogen) atoms. The van der Waals surface area contributed by atoms with Gasteiger partial charge in [0.05, 0.1) is 0 Å². The fourth-order valence-electron chi connectivity index (χ4n) is 1.35. The van der Waals surface area contributed by atoms with E-state index in [1.165, 1.54) is 11.1 Å². The Labute approximate surface area is 118 Å². The zero-order valence-electron chi connectivity index (χ0n) is 9.92. The van der Waals surface area contributed by atoms with Crippen LogP contribution in [-0.4, -0.2) is 28.4 Å². The normalized spacial score (nSPS) is 9.18. The van der Waals surface area contributed by atoms with Gasteiger partial charge in [0.2, 0.25) is 0 Å². The van der Waals surface area contributed by atoms with Crippen LogP contribution in [0.2, 0.25) is 0 Å². The minimum atomic E-state index is 0.879. The molecule has 0 aliphatic carbocycles. The molecule has 0 heterocycles. The van der Waals surface area contributed by atoms with E-state index in [0.717, 1.165) is 11.5 Å². The van der Waals surface area contributed by atoms with Gasteiger partial charge in [0.1, 0.15) is 11.5 Å². The molecule has 0 N–H and O–H groups in total. The van der Waals surface area contributed by atoms with Crippen molar-refractivity contribution in [1.29, 1.82) is 0 Å². The standard InChI is InChI=1S/C14H14O.H2Se2/c1-11-3-7-13(8-4-11)15-14-9-5-12(2)6-10-14;1-2/h3-10H,1-2H3;1-2H. The molecule has 0 saturated carbocycles. The van der Waals surface area contributed by atoms with Crippen LogP contribution >= 0.6 is 0 Å². The first-order valence-corrected chi connectivity index (χ1v) is 10.5. The van der Waals surface area contributed by atoms with Crippen molar-refractivity contribution in [3.8, 4) is 11.5 Å². The van der Waals surface area contributed by atoms with Gasteiger partial charge in [0, 0.05) is 0 Å². The van der Waals surface area contributed by atoms with E-state index in [-0.39, 0.29) is 0 Å². The molecule has 2 rings (SSSR count). The van der Waals surface area contributed by atoms with Crippen LogP contribution in [0.25, 0.3) is 0 Å². The van der Waals surface area contributed by atoms with Gasteiger partial charge in [0.25, 0.3) is 0 Å². The Morgan fingerprint density at radius 3 is 1.24 bits per heavy atom. The molecule has 0 aliphatic heterocycles. The zero-order chi connectivity index (χ0) is 12.7. The van der Waals surface area contributed by atoms with Gasteiger partial charge in [-0.2, -0.15) is 0 Å². The van der Waals surface area contributed by atoms with Crippen LogP contribution in [0.15, 0.2) is 48.5 Å². The monoisotopic (exact) mass is 360 g/mol. The number of hydrogen-bond acceptors (Lipinski definition) is 1. The van der Waals surface area contributed by atoms with E-state index in [2.05, 4.69) is 42.2 Å². The van der Waals surface area contributed by atoms with E-state index in [0.29, 0.717) is 0 Å². The van der Waals surface area contributed by atoms with E-state index >= 15 is 0 Å². The molecule has 2 aromatic rings. The second-order valence-corrected chi connectivity index (χ2v) is 3.73. The molecule has 2 aromatic carbocycles. The molecule has 0 aliphatic rings. The molecule has 3 heteroatoms. The van der Waals surface area contributed by atoms with Gasteiger partial charge in [-0.1, -0.05) is 35.4 Å². The van der Waals surface area contributed by atoms with Crippen LogP contribution in [-0.2, 0) is 0 Å². The van der Waals surface area contributed by atoms with Gasteiger partial charge < -0.3 is 4.74 Å². The van der Waals surface area contributed by atoms with Crippen LogP contribution in [0.5, 0.6) is 11.5 Å². The molecular formula is C14H16OSe2. The second kappa shape index (κ2) is 7.58. The zero-order valence-corrected chi connectivity index (χ0v) is 13.7. The quantitative estimate of drug-likeness (QED) is 0.751.